The highest BCUT2D eigenvalue weighted by Gasteiger charge is 2.28. The predicted molar refractivity (Wildman–Crippen MR) is 135 cm³/mol. The van der Waals surface area contributed by atoms with Crippen LogP contribution in [0, 0.1) is 6.92 Å². The fourth-order valence-corrected chi connectivity index (χ4v) is 5.10. The van der Waals surface area contributed by atoms with Crippen molar-refractivity contribution in [1.82, 2.24) is 14.7 Å². The molecule has 2 heterocycles. The quantitative estimate of drug-likeness (QED) is 0.589. The van der Waals surface area contributed by atoms with E-state index < -0.39 is 0 Å². The number of anilines is 1. The number of benzene rings is 1. The van der Waals surface area contributed by atoms with Crippen molar-refractivity contribution in [2.75, 3.05) is 65.3 Å². The highest BCUT2D eigenvalue weighted by Crippen LogP contribution is 2.40. The van der Waals surface area contributed by atoms with Crippen LogP contribution in [0.4, 0.5) is 5.00 Å². The van der Waals surface area contributed by atoms with Gasteiger partial charge in [-0.3, -0.25) is 19.3 Å². The molecule has 1 saturated heterocycles. The molecule has 0 radical (unpaired) electrons. The van der Waals surface area contributed by atoms with E-state index in [0.29, 0.717) is 43.4 Å². The van der Waals surface area contributed by atoms with Gasteiger partial charge in [-0.05, 0) is 31.0 Å². The lowest BCUT2D eigenvalue weighted by Crippen LogP contribution is -2.42. The molecule has 1 N–H and O–H groups in total. The monoisotopic (exact) mass is 486 g/mol. The third-order valence-electron chi connectivity index (χ3n) is 5.71. The Hall–Kier alpha value is -2.75. The van der Waals surface area contributed by atoms with Gasteiger partial charge in [-0.15, -0.1) is 11.3 Å². The minimum Gasteiger partial charge on any atom is -0.378 e. The topological polar surface area (TPSA) is 82.2 Å². The Balaban J connectivity index is 1.87. The Labute approximate surface area is 205 Å². The Morgan fingerprint density at radius 3 is 2.38 bits per heavy atom. The van der Waals surface area contributed by atoms with Crippen molar-refractivity contribution in [3.8, 4) is 10.4 Å². The van der Waals surface area contributed by atoms with E-state index in [0.717, 1.165) is 22.4 Å². The number of thiophene rings is 1. The van der Waals surface area contributed by atoms with E-state index in [2.05, 4.69) is 5.32 Å². The van der Waals surface area contributed by atoms with Crippen molar-refractivity contribution in [3.05, 3.63) is 41.5 Å². The van der Waals surface area contributed by atoms with Crippen LogP contribution in [-0.4, -0.2) is 92.5 Å². The van der Waals surface area contributed by atoms with Gasteiger partial charge >= 0.3 is 0 Å². The van der Waals surface area contributed by atoms with Crippen LogP contribution in [0.1, 0.15) is 29.3 Å². The van der Waals surface area contributed by atoms with Crippen LogP contribution in [0.3, 0.4) is 0 Å². The molecule has 0 spiro atoms. The summed E-state index contributed by atoms with van der Waals surface area (Å²) >= 11 is 1.41. The van der Waals surface area contributed by atoms with E-state index in [4.69, 9.17) is 4.74 Å². The van der Waals surface area contributed by atoms with E-state index in [1.807, 2.05) is 49.1 Å². The molecule has 0 saturated carbocycles. The van der Waals surface area contributed by atoms with Crippen molar-refractivity contribution in [3.63, 3.8) is 0 Å². The van der Waals surface area contributed by atoms with Crippen LogP contribution in [-0.2, 0) is 14.3 Å². The summed E-state index contributed by atoms with van der Waals surface area (Å²) in [5.41, 5.74) is 2.40. The molecular formula is C25H34N4O4S. The molecule has 34 heavy (non-hydrogen) atoms. The number of nitrogens with one attached hydrogen (secondary N) is 1. The van der Waals surface area contributed by atoms with Crippen LogP contribution >= 0.6 is 11.3 Å². The first-order chi connectivity index (χ1) is 16.3. The van der Waals surface area contributed by atoms with Gasteiger partial charge in [0.2, 0.25) is 11.8 Å². The molecular weight excluding hydrogens is 452 g/mol. The molecule has 9 heteroatoms. The molecule has 3 rings (SSSR count). The molecule has 1 fully saturated rings. The lowest BCUT2D eigenvalue weighted by Gasteiger charge is -2.27. The number of amides is 3. The number of hydrogen-bond donors (Lipinski definition) is 1. The van der Waals surface area contributed by atoms with Gasteiger partial charge in [-0.25, -0.2) is 0 Å². The lowest BCUT2D eigenvalue weighted by molar-refractivity contribution is -0.130. The van der Waals surface area contributed by atoms with E-state index in [9.17, 15) is 14.4 Å². The fourth-order valence-electron chi connectivity index (χ4n) is 3.88. The summed E-state index contributed by atoms with van der Waals surface area (Å²) in [5.74, 6) is -0.387. The maximum absolute atomic E-state index is 13.5. The van der Waals surface area contributed by atoms with Gasteiger partial charge in [-0.2, -0.15) is 0 Å². The first-order valence-electron chi connectivity index (χ1n) is 11.6. The lowest BCUT2D eigenvalue weighted by atomic mass is 10.1. The molecule has 3 amide bonds. The van der Waals surface area contributed by atoms with E-state index in [-0.39, 0.29) is 30.8 Å². The smallest absolute Gasteiger partial charge is 0.257 e. The summed E-state index contributed by atoms with van der Waals surface area (Å²) in [7, 11) is 3.41. The first-order valence-corrected chi connectivity index (χ1v) is 12.4. The molecule has 0 unspecified atom stereocenters. The molecule has 0 bridgehead atoms. The number of carbonyl (C=O) groups excluding carboxylic acids is 3. The van der Waals surface area contributed by atoms with Crippen LogP contribution in [0.5, 0.6) is 0 Å². The summed E-state index contributed by atoms with van der Waals surface area (Å²) < 4.78 is 5.40. The van der Waals surface area contributed by atoms with Crippen molar-refractivity contribution < 1.29 is 19.1 Å². The normalized spacial score (nSPS) is 13.7. The van der Waals surface area contributed by atoms with Gasteiger partial charge in [0.1, 0.15) is 5.00 Å². The molecule has 2 aromatic rings. The summed E-state index contributed by atoms with van der Waals surface area (Å²) in [5, 5.41) is 3.54. The molecule has 1 aliphatic heterocycles. The standard InChI is InChI=1S/C25H34N4O4S/c1-5-11-28(17-21(31)27(3)4)16-20(30)26-24-22(25(32)29-12-14-33-15-13-29)18(2)23(34-24)19-9-7-6-8-10-19/h6-10H,5,11-17H2,1-4H3,(H,26,30). The highest BCUT2D eigenvalue weighted by molar-refractivity contribution is 7.20. The largest absolute Gasteiger partial charge is 0.378 e. The molecule has 8 nitrogen and oxygen atoms in total. The zero-order valence-corrected chi connectivity index (χ0v) is 21.2. The second-order valence-electron chi connectivity index (χ2n) is 8.58. The molecule has 1 aromatic carbocycles. The fraction of sp³-hybridized carbons (Fsp3) is 0.480. The first kappa shape index (κ1) is 25.9. The summed E-state index contributed by atoms with van der Waals surface area (Å²) in [4.78, 5) is 44.8. The van der Waals surface area contributed by atoms with Crippen molar-refractivity contribution in [1.29, 1.82) is 0 Å². The van der Waals surface area contributed by atoms with Gasteiger partial charge in [0.15, 0.2) is 0 Å². The number of ether oxygens (including phenoxy) is 1. The average molecular weight is 487 g/mol. The number of carbonyl (C=O) groups is 3. The number of rotatable bonds is 9. The molecule has 0 atom stereocenters. The highest BCUT2D eigenvalue weighted by atomic mass is 32.1. The SMILES string of the molecule is CCCN(CC(=O)Nc1sc(-c2ccccc2)c(C)c1C(=O)N1CCOCC1)CC(=O)N(C)C. The Bertz CT molecular complexity index is 1000. The van der Waals surface area contributed by atoms with Crippen molar-refractivity contribution >= 4 is 34.1 Å². The molecule has 1 aromatic heterocycles. The van der Waals surface area contributed by atoms with E-state index in [1.54, 1.807) is 19.0 Å². The molecule has 1 aliphatic rings. The zero-order chi connectivity index (χ0) is 24.7. The number of hydrogen-bond acceptors (Lipinski definition) is 6. The summed E-state index contributed by atoms with van der Waals surface area (Å²) in [6.45, 7) is 6.90. The van der Waals surface area contributed by atoms with Crippen LogP contribution < -0.4 is 5.32 Å². The van der Waals surface area contributed by atoms with Crippen LogP contribution in [0.25, 0.3) is 10.4 Å². The zero-order valence-electron chi connectivity index (χ0n) is 20.4. The van der Waals surface area contributed by atoms with Crippen molar-refractivity contribution in [2.24, 2.45) is 0 Å². The van der Waals surface area contributed by atoms with Crippen molar-refractivity contribution in [2.45, 2.75) is 20.3 Å². The van der Waals surface area contributed by atoms with E-state index in [1.165, 1.54) is 16.2 Å². The summed E-state index contributed by atoms with van der Waals surface area (Å²) in [6.07, 6.45) is 0.824. The van der Waals surface area contributed by atoms with E-state index >= 15 is 0 Å². The maximum atomic E-state index is 13.5. The summed E-state index contributed by atoms with van der Waals surface area (Å²) in [6, 6.07) is 9.88. The predicted octanol–water partition coefficient (Wildman–Crippen LogP) is 2.93. The number of morpholine rings is 1. The minimum atomic E-state index is -0.239. The Kier molecular flexibility index (Phi) is 9.20. The van der Waals surface area contributed by atoms with Crippen LogP contribution in [0.2, 0.25) is 0 Å². The van der Waals surface area contributed by atoms with Gasteiger partial charge in [0.05, 0.1) is 31.9 Å². The van der Waals surface area contributed by atoms with Gasteiger partial charge < -0.3 is 19.9 Å². The third-order valence-corrected chi connectivity index (χ3v) is 6.97. The second kappa shape index (κ2) is 12.1. The average Bonchev–Trinajstić information content (AvgIpc) is 3.15. The third kappa shape index (κ3) is 6.43. The molecule has 0 aliphatic carbocycles. The molecule has 184 valence electrons. The van der Waals surface area contributed by atoms with Gasteiger partial charge in [0, 0.05) is 32.1 Å². The number of nitrogens with zero attached hydrogens (tertiary/aromatic N) is 3. The minimum absolute atomic E-state index is 0.0530. The Morgan fingerprint density at radius 2 is 1.76 bits per heavy atom. The van der Waals surface area contributed by atoms with Gasteiger partial charge in [0.25, 0.3) is 5.91 Å². The maximum Gasteiger partial charge on any atom is 0.257 e. The number of likely N-dealkylation sites (N-methyl/N-ethyl adjacent to an activating group) is 1. The second-order valence-corrected chi connectivity index (χ2v) is 9.60. The van der Waals surface area contributed by atoms with Crippen LogP contribution in [0.15, 0.2) is 30.3 Å². The Morgan fingerprint density at radius 1 is 1.09 bits per heavy atom. The van der Waals surface area contributed by atoms with Gasteiger partial charge in [-0.1, -0.05) is 37.3 Å².